The van der Waals surface area contributed by atoms with Crippen LogP contribution in [0, 0.1) is 0 Å². The largest absolute Gasteiger partial charge is 0.370 e. The lowest BCUT2D eigenvalue weighted by molar-refractivity contribution is 0.172. The van der Waals surface area contributed by atoms with Crippen LogP contribution < -0.4 is 5.73 Å². The highest BCUT2D eigenvalue weighted by molar-refractivity contribution is 8.00. The Bertz CT molecular complexity index is 300. The first-order chi connectivity index (χ1) is 7.24. The van der Waals surface area contributed by atoms with E-state index in [1.807, 2.05) is 0 Å². The lowest BCUT2D eigenvalue weighted by Gasteiger charge is -2.46. The van der Waals surface area contributed by atoms with E-state index in [0.29, 0.717) is 11.3 Å². The number of aliphatic imine (C=N–C) groups is 1. The van der Waals surface area contributed by atoms with Gasteiger partial charge in [-0.15, -0.1) is 0 Å². The maximum Gasteiger partial charge on any atom is 0.192 e. The Kier molecular flexibility index (Phi) is 2.16. The first-order valence-corrected chi connectivity index (χ1v) is 7.00. The topological polar surface area (TPSA) is 41.6 Å². The summed E-state index contributed by atoms with van der Waals surface area (Å²) < 4.78 is 0. The molecule has 3 rings (SSSR count). The summed E-state index contributed by atoms with van der Waals surface area (Å²) in [6.07, 6.45) is 5.23. The van der Waals surface area contributed by atoms with Crippen LogP contribution in [-0.2, 0) is 0 Å². The molecule has 0 aromatic heterocycles. The number of thioether (sulfide) groups is 1. The van der Waals surface area contributed by atoms with E-state index in [1.165, 1.54) is 31.4 Å². The molecule has 0 amide bonds. The first kappa shape index (κ1) is 9.82. The Morgan fingerprint density at radius 1 is 1.53 bits per heavy atom. The fraction of sp³-hybridized carbons (Fsp3) is 0.909. The average molecular weight is 225 g/mol. The molecule has 2 unspecified atom stereocenters. The number of nitrogens with zero attached hydrogens (tertiary/aromatic N) is 2. The van der Waals surface area contributed by atoms with Crippen LogP contribution in [-0.4, -0.2) is 40.0 Å². The van der Waals surface area contributed by atoms with Gasteiger partial charge in [-0.25, -0.2) is 0 Å². The molecule has 2 N–H and O–H groups in total. The van der Waals surface area contributed by atoms with Crippen LogP contribution in [0.5, 0.6) is 0 Å². The number of nitrogens with two attached hydrogens (primary N) is 1. The Morgan fingerprint density at radius 3 is 3.00 bits per heavy atom. The molecule has 0 bridgehead atoms. The minimum Gasteiger partial charge on any atom is -0.370 e. The molecule has 84 valence electrons. The Morgan fingerprint density at radius 2 is 2.33 bits per heavy atom. The van der Waals surface area contributed by atoms with E-state index >= 15 is 0 Å². The molecule has 2 atom stereocenters. The fourth-order valence-electron chi connectivity index (χ4n) is 3.00. The summed E-state index contributed by atoms with van der Waals surface area (Å²) in [5, 5.41) is 0.677. The van der Waals surface area contributed by atoms with Crippen molar-refractivity contribution in [2.45, 2.75) is 49.4 Å². The second-order valence-corrected chi connectivity index (χ2v) is 6.44. The standard InChI is InChI=1S/C11H19N3S/c1-8-11(5-2-6-15-8)7-13-10(12)14(11)9-3-4-9/h8-9H,2-7H2,1H3,(H2,12,13). The molecule has 1 spiro atoms. The van der Waals surface area contributed by atoms with Crippen molar-refractivity contribution in [3.05, 3.63) is 0 Å². The van der Waals surface area contributed by atoms with Crippen LogP contribution in [0.4, 0.5) is 0 Å². The van der Waals surface area contributed by atoms with Crippen LogP contribution in [0.25, 0.3) is 0 Å². The van der Waals surface area contributed by atoms with Gasteiger partial charge in [-0.05, 0) is 31.4 Å². The predicted octanol–water partition coefficient (Wildman–Crippen LogP) is 1.43. The third-order valence-corrected chi connectivity index (χ3v) is 5.50. The van der Waals surface area contributed by atoms with Gasteiger partial charge < -0.3 is 10.6 Å². The van der Waals surface area contributed by atoms with Gasteiger partial charge >= 0.3 is 0 Å². The van der Waals surface area contributed by atoms with E-state index in [0.717, 1.165) is 12.5 Å². The Hall–Kier alpha value is -0.380. The smallest absolute Gasteiger partial charge is 0.192 e. The number of rotatable bonds is 1. The lowest BCUT2D eigenvalue weighted by atomic mass is 9.88. The third-order valence-electron chi connectivity index (χ3n) is 4.03. The van der Waals surface area contributed by atoms with Gasteiger partial charge in [-0.1, -0.05) is 6.92 Å². The van der Waals surface area contributed by atoms with Crippen molar-refractivity contribution in [1.82, 2.24) is 4.90 Å². The monoisotopic (exact) mass is 225 g/mol. The number of hydrogen-bond donors (Lipinski definition) is 1. The van der Waals surface area contributed by atoms with Crippen LogP contribution in [0.1, 0.15) is 32.6 Å². The highest BCUT2D eigenvalue weighted by atomic mass is 32.2. The molecule has 15 heavy (non-hydrogen) atoms. The van der Waals surface area contributed by atoms with Gasteiger partial charge in [0.05, 0.1) is 12.1 Å². The minimum atomic E-state index is 0.272. The van der Waals surface area contributed by atoms with Gasteiger partial charge in [0.1, 0.15) is 0 Å². The van der Waals surface area contributed by atoms with Crippen LogP contribution in [0.15, 0.2) is 4.99 Å². The molecule has 3 nitrogen and oxygen atoms in total. The molecule has 3 aliphatic rings. The molecule has 0 radical (unpaired) electrons. The van der Waals surface area contributed by atoms with Crippen LogP contribution in [0.2, 0.25) is 0 Å². The van der Waals surface area contributed by atoms with E-state index in [1.54, 1.807) is 0 Å². The molecule has 0 aromatic rings. The van der Waals surface area contributed by atoms with E-state index in [2.05, 4.69) is 28.6 Å². The molecule has 2 heterocycles. The maximum absolute atomic E-state index is 6.05. The van der Waals surface area contributed by atoms with Gasteiger partial charge in [-0.3, -0.25) is 4.99 Å². The molecule has 4 heteroatoms. The SMILES string of the molecule is CC1SCCCC12CN=C(N)N2C1CC1. The molecular formula is C11H19N3S. The van der Waals surface area contributed by atoms with Crippen molar-refractivity contribution < 1.29 is 0 Å². The average Bonchev–Trinajstić information content (AvgIpc) is 2.99. The van der Waals surface area contributed by atoms with Crippen molar-refractivity contribution in [3.8, 4) is 0 Å². The van der Waals surface area contributed by atoms with Gasteiger partial charge in [0, 0.05) is 11.3 Å². The minimum absolute atomic E-state index is 0.272. The molecule has 1 saturated heterocycles. The fourth-order valence-corrected chi connectivity index (χ4v) is 4.28. The zero-order chi connectivity index (χ0) is 10.5. The van der Waals surface area contributed by atoms with Crippen molar-refractivity contribution in [2.24, 2.45) is 10.7 Å². The van der Waals surface area contributed by atoms with Crippen LogP contribution in [0.3, 0.4) is 0 Å². The van der Waals surface area contributed by atoms with E-state index in [-0.39, 0.29) is 5.54 Å². The summed E-state index contributed by atoms with van der Waals surface area (Å²) in [6.45, 7) is 3.29. The zero-order valence-electron chi connectivity index (χ0n) is 9.28. The van der Waals surface area contributed by atoms with Crippen LogP contribution >= 0.6 is 11.8 Å². The highest BCUT2D eigenvalue weighted by Gasteiger charge is 2.52. The van der Waals surface area contributed by atoms with Crippen molar-refractivity contribution in [3.63, 3.8) is 0 Å². The Balaban J connectivity index is 1.89. The second-order valence-electron chi connectivity index (χ2n) is 5.00. The predicted molar refractivity (Wildman–Crippen MR) is 65.2 cm³/mol. The summed E-state index contributed by atoms with van der Waals surface area (Å²) in [4.78, 5) is 6.98. The van der Waals surface area contributed by atoms with Crippen molar-refractivity contribution >= 4 is 17.7 Å². The molecule has 2 fully saturated rings. The normalized spacial score (nSPS) is 41.0. The summed E-state index contributed by atoms with van der Waals surface area (Å²) in [5.41, 5.74) is 6.33. The second kappa shape index (κ2) is 3.30. The summed E-state index contributed by atoms with van der Waals surface area (Å²) in [5.74, 6) is 2.12. The number of hydrogen-bond acceptors (Lipinski definition) is 4. The first-order valence-electron chi connectivity index (χ1n) is 5.95. The van der Waals surface area contributed by atoms with E-state index in [9.17, 15) is 0 Å². The Labute approximate surface area is 95.5 Å². The zero-order valence-corrected chi connectivity index (χ0v) is 10.1. The quantitative estimate of drug-likeness (QED) is 0.734. The molecule has 2 aliphatic heterocycles. The van der Waals surface area contributed by atoms with E-state index in [4.69, 9.17) is 5.73 Å². The van der Waals surface area contributed by atoms with Gasteiger partial charge in [-0.2, -0.15) is 11.8 Å². The lowest BCUT2D eigenvalue weighted by Crippen LogP contribution is -2.59. The van der Waals surface area contributed by atoms with E-state index < -0.39 is 0 Å². The third kappa shape index (κ3) is 1.37. The molecule has 0 aromatic carbocycles. The molecule has 1 saturated carbocycles. The van der Waals surface area contributed by atoms with Crippen molar-refractivity contribution in [2.75, 3.05) is 12.3 Å². The van der Waals surface area contributed by atoms with Gasteiger partial charge in [0.15, 0.2) is 5.96 Å². The summed E-state index contributed by atoms with van der Waals surface area (Å²) >= 11 is 2.09. The highest BCUT2D eigenvalue weighted by Crippen LogP contribution is 2.45. The summed E-state index contributed by atoms with van der Waals surface area (Å²) in [7, 11) is 0. The summed E-state index contributed by atoms with van der Waals surface area (Å²) in [6, 6.07) is 0.706. The van der Waals surface area contributed by atoms with Crippen molar-refractivity contribution in [1.29, 1.82) is 0 Å². The molecule has 1 aliphatic carbocycles. The molecular weight excluding hydrogens is 206 g/mol. The number of guanidine groups is 1. The maximum atomic E-state index is 6.05. The van der Waals surface area contributed by atoms with Gasteiger partial charge in [0.25, 0.3) is 0 Å². The van der Waals surface area contributed by atoms with Gasteiger partial charge in [0.2, 0.25) is 0 Å².